The fourth-order valence-corrected chi connectivity index (χ4v) is 5.40. The summed E-state index contributed by atoms with van der Waals surface area (Å²) in [7, 11) is 1.43. The maximum Gasteiger partial charge on any atom is 0.341 e. The topological polar surface area (TPSA) is 50.4 Å². The molecule has 0 aliphatic heterocycles. The van der Waals surface area contributed by atoms with Gasteiger partial charge >= 0.3 is 5.97 Å². The molecule has 0 saturated carbocycles. The smallest absolute Gasteiger partial charge is 0.341 e. The fourth-order valence-electron chi connectivity index (χ4n) is 3.84. The van der Waals surface area contributed by atoms with E-state index in [2.05, 4.69) is 28.8 Å². The lowest BCUT2D eigenvalue weighted by atomic mass is 9.95. The van der Waals surface area contributed by atoms with Crippen molar-refractivity contribution in [1.82, 2.24) is 0 Å². The predicted octanol–water partition coefficient (Wildman–Crippen LogP) is 5.81. The summed E-state index contributed by atoms with van der Waals surface area (Å²) in [6.45, 7) is 0. The molecule has 0 atom stereocenters. The quantitative estimate of drug-likeness (QED) is 0.390. The summed E-state index contributed by atoms with van der Waals surface area (Å²) in [5, 5.41) is 7.82. The Hall–Kier alpha value is -2.70. The van der Waals surface area contributed by atoms with Gasteiger partial charge in [-0.05, 0) is 67.1 Å². The highest BCUT2D eigenvalue weighted by molar-refractivity contribution is 7.80. The predicted molar refractivity (Wildman–Crippen MR) is 128 cm³/mol. The maximum atomic E-state index is 12.4. The highest BCUT2D eigenvalue weighted by Gasteiger charge is 2.26. The number of rotatable bonds is 5. The molecule has 1 heterocycles. The van der Waals surface area contributed by atoms with Gasteiger partial charge in [0.2, 0.25) is 0 Å². The number of aryl methyl sites for hydroxylation is 1. The number of thiophene rings is 1. The van der Waals surface area contributed by atoms with Gasteiger partial charge in [-0.3, -0.25) is 0 Å². The molecule has 2 aromatic carbocycles. The summed E-state index contributed by atoms with van der Waals surface area (Å²) in [6.07, 6.45) is 4.99. The molecule has 30 heavy (non-hydrogen) atoms. The molecule has 0 unspecified atom stereocenters. The largest absolute Gasteiger partial charge is 0.465 e. The number of anilines is 2. The van der Waals surface area contributed by atoms with Gasteiger partial charge in [0.05, 0.1) is 12.7 Å². The lowest BCUT2D eigenvalue weighted by molar-refractivity contribution is 0.0601. The van der Waals surface area contributed by atoms with E-state index in [-0.39, 0.29) is 5.97 Å². The molecule has 0 spiro atoms. The Labute approximate surface area is 186 Å². The van der Waals surface area contributed by atoms with Gasteiger partial charge in [0.15, 0.2) is 5.11 Å². The minimum atomic E-state index is -0.302. The van der Waals surface area contributed by atoms with Crippen LogP contribution >= 0.6 is 23.6 Å². The first-order valence-electron chi connectivity index (χ1n) is 10.1. The van der Waals surface area contributed by atoms with E-state index in [1.165, 1.54) is 17.6 Å². The number of benzene rings is 2. The molecule has 1 aliphatic rings. The monoisotopic (exact) mass is 436 g/mol. The molecule has 4 rings (SSSR count). The van der Waals surface area contributed by atoms with Crippen LogP contribution in [0.25, 0.3) is 0 Å². The summed E-state index contributed by atoms with van der Waals surface area (Å²) < 4.78 is 5.05. The Morgan fingerprint density at radius 3 is 2.57 bits per heavy atom. The van der Waals surface area contributed by atoms with Gasteiger partial charge < -0.3 is 15.4 Å². The second kappa shape index (κ2) is 9.41. The third kappa shape index (κ3) is 4.55. The third-order valence-corrected chi connectivity index (χ3v) is 6.70. The van der Waals surface area contributed by atoms with Gasteiger partial charge in [-0.15, -0.1) is 11.3 Å². The van der Waals surface area contributed by atoms with Crippen molar-refractivity contribution in [1.29, 1.82) is 0 Å². The van der Waals surface area contributed by atoms with Crippen molar-refractivity contribution in [2.75, 3.05) is 17.7 Å². The molecular formula is C24H24N2O2S2. The van der Waals surface area contributed by atoms with Gasteiger partial charge in [0.1, 0.15) is 5.00 Å². The van der Waals surface area contributed by atoms with E-state index < -0.39 is 0 Å². The highest BCUT2D eigenvalue weighted by Crippen LogP contribution is 2.38. The van der Waals surface area contributed by atoms with E-state index in [0.717, 1.165) is 53.9 Å². The van der Waals surface area contributed by atoms with E-state index in [1.54, 1.807) is 11.3 Å². The molecule has 4 nitrogen and oxygen atoms in total. The van der Waals surface area contributed by atoms with Crippen LogP contribution in [0.1, 0.15) is 44.8 Å². The van der Waals surface area contributed by atoms with Gasteiger partial charge in [-0.1, -0.05) is 48.5 Å². The zero-order valence-electron chi connectivity index (χ0n) is 16.9. The highest BCUT2D eigenvalue weighted by atomic mass is 32.1. The van der Waals surface area contributed by atoms with Crippen LogP contribution in [-0.2, 0) is 24.0 Å². The Morgan fingerprint density at radius 2 is 1.77 bits per heavy atom. The molecule has 0 amide bonds. The van der Waals surface area contributed by atoms with Crippen molar-refractivity contribution in [3.8, 4) is 0 Å². The van der Waals surface area contributed by atoms with Crippen molar-refractivity contribution >= 4 is 45.3 Å². The molecule has 0 bridgehead atoms. The minimum absolute atomic E-state index is 0.302. The van der Waals surface area contributed by atoms with Crippen LogP contribution in [0.15, 0.2) is 54.6 Å². The third-order valence-electron chi connectivity index (χ3n) is 5.29. The Bertz CT molecular complexity index is 1060. The fraction of sp³-hybridized carbons (Fsp3) is 0.250. The number of nitrogens with one attached hydrogen (secondary N) is 2. The lowest BCUT2D eigenvalue weighted by Crippen LogP contribution is -2.21. The molecule has 3 aromatic rings. The first-order chi connectivity index (χ1) is 14.7. The first-order valence-corrected chi connectivity index (χ1v) is 11.3. The molecule has 0 fully saturated rings. The number of fused-ring (bicyclic) bond motifs is 1. The van der Waals surface area contributed by atoms with Crippen molar-refractivity contribution < 1.29 is 9.53 Å². The van der Waals surface area contributed by atoms with Crippen LogP contribution in [0.4, 0.5) is 10.7 Å². The van der Waals surface area contributed by atoms with Crippen molar-refractivity contribution in [2.24, 2.45) is 0 Å². The Morgan fingerprint density at radius 1 is 1.03 bits per heavy atom. The Balaban J connectivity index is 1.54. The van der Waals surface area contributed by atoms with E-state index in [0.29, 0.717) is 10.7 Å². The number of hydrogen-bond acceptors (Lipinski definition) is 4. The number of carbonyl (C=O) groups excluding carboxylic acids is 1. The second-order valence-corrected chi connectivity index (χ2v) is 8.82. The number of ether oxygens (including phenoxy) is 1. The minimum Gasteiger partial charge on any atom is -0.465 e. The maximum absolute atomic E-state index is 12.4. The van der Waals surface area contributed by atoms with E-state index in [4.69, 9.17) is 17.0 Å². The van der Waals surface area contributed by atoms with Crippen molar-refractivity contribution in [2.45, 2.75) is 32.1 Å². The molecule has 1 aromatic heterocycles. The number of thiocarbonyl (C=S) groups is 1. The van der Waals surface area contributed by atoms with Crippen molar-refractivity contribution in [3.63, 3.8) is 0 Å². The molecule has 0 saturated heterocycles. The summed E-state index contributed by atoms with van der Waals surface area (Å²) in [6, 6.07) is 18.5. The van der Waals surface area contributed by atoms with Gasteiger partial charge in [0, 0.05) is 10.6 Å². The standard InChI is InChI=1S/C24H24N2O2S2/c1-28-23(27)21-18-12-6-8-14-20(18)30-22(21)26-24(29)25-19-13-7-5-11-17(19)15-16-9-3-2-4-10-16/h2-5,7,9-11,13H,6,8,12,14-15H2,1H3,(H2,25,26,29). The summed E-state index contributed by atoms with van der Waals surface area (Å²) >= 11 is 7.21. The number of carbonyl (C=O) groups is 1. The van der Waals surface area contributed by atoms with E-state index in [9.17, 15) is 4.79 Å². The number of esters is 1. The van der Waals surface area contributed by atoms with Gasteiger partial charge in [-0.2, -0.15) is 0 Å². The van der Waals surface area contributed by atoms with Crippen LogP contribution in [0.2, 0.25) is 0 Å². The van der Waals surface area contributed by atoms with E-state index in [1.807, 2.05) is 36.4 Å². The molecule has 0 radical (unpaired) electrons. The van der Waals surface area contributed by atoms with Crippen LogP contribution in [0.3, 0.4) is 0 Å². The summed E-state index contributed by atoms with van der Waals surface area (Å²) in [5.74, 6) is -0.302. The molecule has 154 valence electrons. The second-order valence-electron chi connectivity index (χ2n) is 7.31. The SMILES string of the molecule is COC(=O)c1c(NC(=S)Nc2ccccc2Cc2ccccc2)sc2c1CCCC2. The number of methoxy groups -OCH3 is 1. The molecule has 2 N–H and O–H groups in total. The molecule has 1 aliphatic carbocycles. The van der Waals surface area contributed by atoms with Crippen molar-refractivity contribution in [3.05, 3.63) is 81.7 Å². The lowest BCUT2D eigenvalue weighted by Gasteiger charge is -2.15. The number of para-hydroxylation sites is 1. The van der Waals surface area contributed by atoms with Crippen LogP contribution in [0, 0.1) is 0 Å². The summed E-state index contributed by atoms with van der Waals surface area (Å²) in [5.41, 5.74) is 5.11. The Kier molecular flexibility index (Phi) is 6.45. The summed E-state index contributed by atoms with van der Waals surface area (Å²) in [4.78, 5) is 13.7. The zero-order chi connectivity index (χ0) is 20.9. The molecular weight excluding hydrogens is 412 g/mol. The average Bonchev–Trinajstić information content (AvgIpc) is 3.13. The van der Waals surface area contributed by atoms with E-state index >= 15 is 0 Å². The number of hydrogen-bond donors (Lipinski definition) is 2. The van der Waals surface area contributed by atoms with Crippen LogP contribution < -0.4 is 10.6 Å². The van der Waals surface area contributed by atoms with Crippen LogP contribution in [-0.4, -0.2) is 18.2 Å². The normalized spacial score (nSPS) is 12.7. The van der Waals surface area contributed by atoms with Gasteiger partial charge in [-0.25, -0.2) is 4.79 Å². The zero-order valence-corrected chi connectivity index (χ0v) is 18.5. The first kappa shape index (κ1) is 20.6. The van der Waals surface area contributed by atoms with Gasteiger partial charge in [0.25, 0.3) is 0 Å². The van der Waals surface area contributed by atoms with Crippen LogP contribution in [0.5, 0.6) is 0 Å². The average molecular weight is 437 g/mol. The molecule has 6 heteroatoms.